The van der Waals surface area contributed by atoms with Gasteiger partial charge < -0.3 is 9.57 Å². The Kier molecular flexibility index (Phi) is 5.62. The molecule has 1 fully saturated rings. The van der Waals surface area contributed by atoms with Gasteiger partial charge in [-0.3, -0.25) is 9.59 Å². The Bertz CT molecular complexity index is 286. The average molecular weight is 243 g/mol. The molecule has 6 nitrogen and oxygen atoms in total. The van der Waals surface area contributed by atoms with Crippen molar-refractivity contribution in [3.63, 3.8) is 0 Å². The highest BCUT2D eigenvalue weighted by molar-refractivity contribution is 6.01. The summed E-state index contributed by atoms with van der Waals surface area (Å²) in [6.07, 6.45) is 2.86. The van der Waals surface area contributed by atoms with Crippen LogP contribution in [0.3, 0.4) is 0 Å². The van der Waals surface area contributed by atoms with Crippen LogP contribution in [0.2, 0.25) is 0 Å². The number of rotatable bonds is 7. The van der Waals surface area contributed by atoms with Crippen molar-refractivity contribution in [3.05, 3.63) is 0 Å². The van der Waals surface area contributed by atoms with E-state index in [2.05, 4.69) is 0 Å². The van der Waals surface area contributed by atoms with Crippen LogP contribution in [0.1, 0.15) is 38.5 Å². The molecule has 0 saturated carbocycles. The number of carbonyl (C=O) groups is 3. The monoisotopic (exact) mass is 243 g/mol. The molecule has 0 aromatic rings. The van der Waals surface area contributed by atoms with Crippen molar-refractivity contribution in [2.24, 2.45) is 0 Å². The number of hydrogen-bond donors (Lipinski definition) is 0. The molecule has 96 valence electrons. The summed E-state index contributed by atoms with van der Waals surface area (Å²) < 4.78 is 4.87. The van der Waals surface area contributed by atoms with E-state index in [4.69, 9.17) is 9.57 Å². The van der Waals surface area contributed by atoms with Crippen LogP contribution in [0.5, 0.6) is 0 Å². The quantitative estimate of drug-likeness (QED) is 0.488. The molecule has 0 N–H and O–H groups in total. The molecule has 1 aliphatic heterocycles. The zero-order chi connectivity index (χ0) is 12.7. The van der Waals surface area contributed by atoms with E-state index in [1.807, 2.05) is 0 Å². The molecule has 0 aliphatic carbocycles. The second-order valence-corrected chi connectivity index (χ2v) is 3.85. The van der Waals surface area contributed by atoms with Crippen LogP contribution in [0.25, 0.3) is 0 Å². The summed E-state index contributed by atoms with van der Waals surface area (Å²) in [6.45, 7) is 0.665. The lowest BCUT2D eigenvalue weighted by Gasteiger charge is -2.12. The standard InChI is InChI=1S/C11H17NO5/c1-16-8-4-2-3-5-11(15)17-12-9(13)6-7-10(12)14/h2-8H2,1H3. The molecule has 17 heavy (non-hydrogen) atoms. The number of imide groups is 1. The van der Waals surface area contributed by atoms with E-state index in [-0.39, 0.29) is 19.3 Å². The third kappa shape index (κ3) is 4.52. The number of amides is 2. The largest absolute Gasteiger partial charge is 0.385 e. The predicted octanol–water partition coefficient (Wildman–Crippen LogP) is 0.800. The summed E-state index contributed by atoms with van der Waals surface area (Å²) >= 11 is 0. The predicted molar refractivity (Wildman–Crippen MR) is 57.5 cm³/mol. The molecular weight excluding hydrogens is 226 g/mol. The summed E-state index contributed by atoms with van der Waals surface area (Å²) in [5, 5.41) is 0.581. The Morgan fingerprint density at radius 2 is 1.82 bits per heavy atom. The summed E-state index contributed by atoms with van der Waals surface area (Å²) in [5.41, 5.74) is 0. The molecule has 1 saturated heterocycles. The molecule has 2 amide bonds. The Hall–Kier alpha value is -1.43. The first kappa shape index (κ1) is 13.6. The molecule has 0 aromatic carbocycles. The van der Waals surface area contributed by atoms with Crippen LogP contribution in [0.4, 0.5) is 0 Å². The highest BCUT2D eigenvalue weighted by Crippen LogP contribution is 2.13. The minimum Gasteiger partial charge on any atom is -0.385 e. The second kappa shape index (κ2) is 7.01. The molecule has 1 rings (SSSR count). The smallest absolute Gasteiger partial charge is 0.333 e. The van der Waals surface area contributed by atoms with E-state index in [1.165, 1.54) is 0 Å². The van der Waals surface area contributed by atoms with Gasteiger partial charge in [-0.25, -0.2) is 4.79 Å². The van der Waals surface area contributed by atoms with Gasteiger partial charge in [0, 0.05) is 33.0 Å². The maximum Gasteiger partial charge on any atom is 0.333 e. The van der Waals surface area contributed by atoms with Crippen molar-refractivity contribution in [3.8, 4) is 0 Å². The van der Waals surface area contributed by atoms with Crippen LogP contribution >= 0.6 is 0 Å². The summed E-state index contributed by atoms with van der Waals surface area (Å²) in [4.78, 5) is 38.3. The molecule has 0 unspecified atom stereocenters. The van der Waals surface area contributed by atoms with Crippen molar-refractivity contribution in [1.29, 1.82) is 0 Å². The number of carbonyl (C=O) groups excluding carboxylic acids is 3. The maximum atomic E-state index is 11.3. The highest BCUT2D eigenvalue weighted by atomic mass is 16.7. The van der Waals surface area contributed by atoms with Crippen LogP contribution in [-0.2, 0) is 24.0 Å². The van der Waals surface area contributed by atoms with Crippen LogP contribution < -0.4 is 0 Å². The zero-order valence-electron chi connectivity index (χ0n) is 9.94. The van der Waals surface area contributed by atoms with Crippen molar-refractivity contribution in [2.75, 3.05) is 13.7 Å². The molecule has 0 atom stereocenters. The van der Waals surface area contributed by atoms with Crippen molar-refractivity contribution >= 4 is 17.8 Å². The lowest BCUT2D eigenvalue weighted by molar-refractivity contribution is -0.197. The topological polar surface area (TPSA) is 72.9 Å². The first-order chi connectivity index (χ1) is 8.15. The number of hydroxylamine groups is 2. The summed E-state index contributed by atoms with van der Waals surface area (Å²) in [7, 11) is 1.62. The van der Waals surface area contributed by atoms with Crippen LogP contribution in [0.15, 0.2) is 0 Å². The zero-order valence-corrected chi connectivity index (χ0v) is 9.94. The van der Waals surface area contributed by atoms with Gasteiger partial charge in [0.25, 0.3) is 11.8 Å². The highest BCUT2D eigenvalue weighted by Gasteiger charge is 2.32. The van der Waals surface area contributed by atoms with Gasteiger partial charge in [0.1, 0.15) is 0 Å². The fourth-order valence-corrected chi connectivity index (χ4v) is 1.50. The van der Waals surface area contributed by atoms with E-state index in [0.29, 0.717) is 18.1 Å². The Morgan fingerprint density at radius 3 is 2.41 bits per heavy atom. The van der Waals surface area contributed by atoms with Crippen molar-refractivity contribution in [1.82, 2.24) is 5.06 Å². The van der Waals surface area contributed by atoms with Gasteiger partial charge >= 0.3 is 5.97 Å². The molecule has 6 heteroatoms. The van der Waals surface area contributed by atoms with Gasteiger partial charge in [0.05, 0.1) is 0 Å². The molecule has 0 radical (unpaired) electrons. The minimum absolute atomic E-state index is 0.125. The maximum absolute atomic E-state index is 11.3. The SMILES string of the molecule is COCCCCCC(=O)ON1C(=O)CCC1=O. The number of ether oxygens (including phenoxy) is 1. The minimum atomic E-state index is -0.536. The third-order valence-corrected chi connectivity index (χ3v) is 2.43. The van der Waals surface area contributed by atoms with Crippen molar-refractivity contribution < 1.29 is 24.0 Å². The van der Waals surface area contributed by atoms with Crippen LogP contribution in [0, 0.1) is 0 Å². The fraction of sp³-hybridized carbons (Fsp3) is 0.727. The number of nitrogens with zero attached hydrogens (tertiary/aromatic N) is 1. The van der Waals surface area contributed by atoms with Crippen molar-refractivity contribution in [2.45, 2.75) is 38.5 Å². The first-order valence-electron chi connectivity index (χ1n) is 5.70. The molecule has 0 bridgehead atoms. The van der Waals surface area contributed by atoms with Gasteiger partial charge in [-0.05, 0) is 12.8 Å². The van der Waals surface area contributed by atoms with E-state index < -0.39 is 17.8 Å². The number of hydrogen-bond acceptors (Lipinski definition) is 5. The average Bonchev–Trinajstić information content (AvgIpc) is 2.60. The summed E-state index contributed by atoms with van der Waals surface area (Å²) in [5.74, 6) is -1.42. The Balaban J connectivity index is 2.16. The molecule has 1 aliphatic rings. The van der Waals surface area contributed by atoms with Gasteiger partial charge in [-0.2, -0.15) is 0 Å². The lowest BCUT2D eigenvalue weighted by atomic mass is 10.2. The van der Waals surface area contributed by atoms with Gasteiger partial charge in [-0.15, -0.1) is 5.06 Å². The molecule has 0 aromatic heterocycles. The second-order valence-electron chi connectivity index (χ2n) is 3.85. The summed E-state index contributed by atoms with van der Waals surface area (Å²) in [6, 6.07) is 0. The normalized spacial score (nSPS) is 15.5. The Labute approximate surface area is 99.8 Å². The number of methoxy groups -OCH3 is 1. The number of unbranched alkanes of at least 4 members (excludes halogenated alkanes) is 2. The van der Waals surface area contributed by atoms with Gasteiger partial charge in [-0.1, -0.05) is 6.42 Å². The van der Waals surface area contributed by atoms with E-state index in [1.54, 1.807) is 7.11 Å². The third-order valence-electron chi connectivity index (χ3n) is 2.43. The Morgan fingerprint density at radius 1 is 1.18 bits per heavy atom. The molecule has 1 heterocycles. The van der Waals surface area contributed by atoms with Gasteiger partial charge in [0.2, 0.25) is 0 Å². The van der Waals surface area contributed by atoms with Crippen LogP contribution in [-0.4, -0.2) is 36.6 Å². The fourth-order valence-electron chi connectivity index (χ4n) is 1.50. The molecular formula is C11H17NO5. The van der Waals surface area contributed by atoms with E-state index in [0.717, 1.165) is 12.8 Å². The lowest BCUT2D eigenvalue weighted by Crippen LogP contribution is -2.31. The molecule has 0 spiro atoms. The van der Waals surface area contributed by atoms with Gasteiger partial charge in [0.15, 0.2) is 0 Å². The first-order valence-corrected chi connectivity index (χ1v) is 5.70. The van der Waals surface area contributed by atoms with E-state index >= 15 is 0 Å². The van der Waals surface area contributed by atoms with E-state index in [9.17, 15) is 14.4 Å².